The van der Waals surface area contributed by atoms with Gasteiger partial charge in [-0.05, 0) is 36.4 Å². The number of alkyl halides is 9. The lowest BCUT2D eigenvalue weighted by molar-refractivity contribution is -0.192. The van der Waals surface area contributed by atoms with Crippen LogP contribution in [0.5, 0.6) is 5.75 Å². The van der Waals surface area contributed by atoms with E-state index in [2.05, 4.69) is 10.1 Å². The van der Waals surface area contributed by atoms with Crippen LogP contribution in [-0.4, -0.2) is 39.1 Å². The van der Waals surface area contributed by atoms with Gasteiger partial charge in [-0.3, -0.25) is 4.98 Å². The number of hydrogen-bond donors (Lipinski definition) is 1. The first-order valence-corrected chi connectivity index (χ1v) is 10.8. The Bertz CT molecular complexity index is 1460. The number of aliphatic carboxylic acids is 1. The van der Waals surface area contributed by atoms with Crippen molar-refractivity contribution in [3.63, 3.8) is 0 Å². The molecule has 40 heavy (non-hydrogen) atoms. The van der Waals surface area contributed by atoms with Gasteiger partial charge in [-0.25, -0.2) is 9.48 Å². The van der Waals surface area contributed by atoms with Gasteiger partial charge in [0.2, 0.25) is 0 Å². The molecule has 2 aromatic carbocycles. The molecule has 0 amide bonds. The van der Waals surface area contributed by atoms with E-state index in [0.29, 0.717) is 34.7 Å². The predicted octanol–water partition coefficient (Wildman–Crippen LogP) is 7.28. The van der Waals surface area contributed by atoms with Gasteiger partial charge in [-0.15, -0.1) is 0 Å². The van der Waals surface area contributed by atoms with Crippen LogP contribution < -0.4 is 4.74 Å². The molecule has 6 nitrogen and oxygen atoms in total. The molecule has 4 rings (SSSR count). The first-order chi connectivity index (χ1) is 18.5. The van der Waals surface area contributed by atoms with Gasteiger partial charge < -0.3 is 9.84 Å². The van der Waals surface area contributed by atoms with Gasteiger partial charge in [-0.2, -0.15) is 44.6 Å². The van der Waals surface area contributed by atoms with Crippen molar-refractivity contribution < 1.29 is 54.2 Å². The molecule has 2 aromatic heterocycles. The molecule has 0 saturated carbocycles. The lowest BCUT2D eigenvalue weighted by Crippen LogP contribution is -2.21. The number of methoxy groups -OCH3 is 1. The second-order valence-electron chi connectivity index (χ2n) is 7.82. The summed E-state index contributed by atoms with van der Waals surface area (Å²) in [5.41, 5.74) is -1.48. The second-order valence-corrected chi connectivity index (χ2v) is 7.82. The van der Waals surface area contributed by atoms with Crippen molar-refractivity contribution in [2.24, 2.45) is 0 Å². The molecule has 0 aliphatic carbocycles. The molecule has 2 heterocycles. The van der Waals surface area contributed by atoms with E-state index in [1.165, 1.54) is 36.4 Å². The monoisotopic (exact) mass is 577 g/mol. The number of aromatic nitrogens is 3. The third-order valence-electron chi connectivity index (χ3n) is 5.19. The topological polar surface area (TPSA) is 77.2 Å². The van der Waals surface area contributed by atoms with Gasteiger partial charge in [0.1, 0.15) is 5.75 Å². The van der Waals surface area contributed by atoms with Crippen LogP contribution in [0.4, 0.5) is 39.5 Å². The summed E-state index contributed by atoms with van der Waals surface area (Å²) in [5.74, 6) is -2.23. The lowest BCUT2D eigenvalue weighted by atomic mass is 10.0. The molecule has 0 atom stereocenters. The fraction of sp³-hybridized carbons (Fsp3) is 0.160. The zero-order chi connectivity index (χ0) is 29.9. The van der Waals surface area contributed by atoms with Gasteiger partial charge in [0.25, 0.3) is 0 Å². The molecule has 1 N–H and O–H groups in total. The Morgan fingerprint density at radius 1 is 0.825 bits per heavy atom. The van der Waals surface area contributed by atoms with Crippen molar-refractivity contribution in [2.75, 3.05) is 7.11 Å². The molecule has 0 aliphatic heterocycles. The number of ether oxygens (including phenoxy) is 1. The van der Waals surface area contributed by atoms with Crippen LogP contribution in [-0.2, 0) is 17.1 Å². The van der Waals surface area contributed by atoms with E-state index in [1.807, 2.05) is 0 Å². The number of para-hydroxylation sites is 1. The number of hydrogen-bond acceptors (Lipinski definition) is 4. The molecule has 15 heteroatoms. The van der Waals surface area contributed by atoms with Crippen LogP contribution >= 0.6 is 0 Å². The molecular formula is C25H16F9N3O3. The Morgan fingerprint density at radius 3 is 1.93 bits per heavy atom. The van der Waals surface area contributed by atoms with Crippen molar-refractivity contribution in [2.45, 2.75) is 18.5 Å². The maximum atomic E-state index is 13.4. The molecule has 0 unspecified atom stereocenters. The third kappa shape index (κ3) is 6.90. The summed E-state index contributed by atoms with van der Waals surface area (Å²) in [6.07, 6.45) is -10.8. The summed E-state index contributed by atoms with van der Waals surface area (Å²) in [6, 6.07) is 11.5. The number of carbonyl (C=O) groups is 1. The van der Waals surface area contributed by atoms with Crippen LogP contribution in [0.2, 0.25) is 0 Å². The fourth-order valence-electron chi connectivity index (χ4n) is 3.47. The standard InChI is InChI=1S/C23H15F6N3O.C2HF3O2/c1-33-21-5-3-2-4-18(21)17-6-8-30-13-20(17)32-19(7-9-31-32)14-10-15(22(24,25)26)12-16(11-14)23(27,28)29;3-2(4,5)1(6)7/h2-13H,1H3;(H,6,7). The maximum absolute atomic E-state index is 13.4. The Kier molecular flexibility index (Phi) is 8.45. The zero-order valence-corrected chi connectivity index (χ0v) is 19.9. The Hall–Kier alpha value is -4.56. The Morgan fingerprint density at radius 2 is 1.40 bits per heavy atom. The highest BCUT2D eigenvalue weighted by molar-refractivity contribution is 5.78. The summed E-state index contributed by atoms with van der Waals surface area (Å²) in [5, 5.41) is 11.3. The lowest BCUT2D eigenvalue weighted by Gasteiger charge is -2.17. The average Bonchev–Trinajstić information content (AvgIpc) is 3.37. The Labute approximate surface area is 219 Å². The van der Waals surface area contributed by atoms with Crippen LogP contribution in [0.15, 0.2) is 73.2 Å². The van der Waals surface area contributed by atoms with Crippen LogP contribution in [0.3, 0.4) is 0 Å². The average molecular weight is 577 g/mol. The molecular weight excluding hydrogens is 561 g/mol. The van der Waals surface area contributed by atoms with Gasteiger partial charge in [0.15, 0.2) is 0 Å². The molecule has 0 aliphatic rings. The van der Waals surface area contributed by atoms with E-state index in [4.69, 9.17) is 14.6 Å². The van der Waals surface area contributed by atoms with Gasteiger partial charge >= 0.3 is 24.5 Å². The first-order valence-electron chi connectivity index (χ1n) is 10.8. The number of halogens is 9. The quantitative estimate of drug-likeness (QED) is 0.258. The highest BCUT2D eigenvalue weighted by Gasteiger charge is 2.38. The van der Waals surface area contributed by atoms with Gasteiger partial charge in [0, 0.05) is 22.9 Å². The molecule has 0 saturated heterocycles. The summed E-state index contributed by atoms with van der Waals surface area (Å²) >= 11 is 0. The van der Waals surface area contributed by atoms with Crippen LogP contribution in [0.25, 0.3) is 28.1 Å². The van der Waals surface area contributed by atoms with Crippen LogP contribution in [0.1, 0.15) is 11.1 Å². The number of benzene rings is 2. The molecule has 0 fully saturated rings. The second kappa shape index (κ2) is 11.3. The largest absolute Gasteiger partial charge is 0.496 e. The minimum absolute atomic E-state index is 0.0377. The van der Waals surface area contributed by atoms with E-state index in [0.717, 1.165) is 0 Å². The minimum Gasteiger partial charge on any atom is -0.496 e. The number of carboxylic acids is 1. The van der Waals surface area contributed by atoms with E-state index in [1.54, 1.807) is 30.3 Å². The third-order valence-corrected chi connectivity index (χ3v) is 5.19. The first kappa shape index (κ1) is 30.0. The summed E-state index contributed by atoms with van der Waals surface area (Å²) in [4.78, 5) is 13.0. The number of carboxylic acid groups (broad SMARTS) is 1. The van der Waals surface area contributed by atoms with E-state index >= 15 is 0 Å². The summed E-state index contributed by atoms with van der Waals surface area (Å²) in [7, 11) is 1.49. The normalized spacial score (nSPS) is 11.9. The highest BCUT2D eigenvalue weighted by Crippen LogP contribution is 2.40. The number of nitrogens with zero attached hydrogens (tertiary/aromatic N) is 3. The van der Waals surface area contributed by atoms with Crippen LogP contribution in [0, 0.1) is 0 Å². The van der Waals surface area contributed by atoms with Crippen molar-refractivity contribution in [3.8, 4) is 33.8 Å². The van der Waals surface area contributed by atoms with Crippen molar-refractivity contribution in [1.82, 2.24) is 14.8 Å². The number of rotatable bonds is 4. The zero-order valence-electron chi connectivity index (χ0n) is 19.9. The summed E-state index contributed by atoms with van der Waals surface area (Å²) < 4.78 is 119. The fourth-order valence-corrected chi connectivity index (χ4v) is 3.47. The Balaban J connectivity index is 0.000000559. The molecule has 0 spiro atoms. The molecule has 212 valence electrons. The smallest absolute Gasteiger partial charge is 0.490 e. The minimum atomic E-state index is -5.08. The SMILES string of the molecule is COc1ccccc1-c1ccncc1-n1nccc1-c1cc(C(F)(F)F)cc(C(F)(F)F)c1.O=C(O)C(F)(F)F. The number of pyridine rings is 1. The molecule has 0 radical (unpaired) electrons. The van der Waals surface area contributed by atoms with Crippen molar-refractivity contribution in [1.29, 1.82) is 0 Å². The predicted molar refractivity (Wildman–Crippen MR) is 122 cm³/mol. The summed E-state index contributed by atoms with van der Waals surface area (Å²) in [6.45, 7) is 0. The maximum Gasteiger partial charge on any atom is 0.490 e. The molecule has 4 aromatic rings. The van der Waals surface area contributed by atoms with Crippen molar-refractivity contribution >= 4 is 5.97 Å². The van der Waals surface area contributed by atoms with Gasteiger partial charge in [0.05, 0.1) is 42.0 Å². The highest BCUT2D eigenvalue weighted by atomic mass is 19.4. The van der Waals surface area contributed by atoms with Crippen molar-refractivity contribution in [3.05, 3.63) is 84.3 Å². The van der Waals surface area contributed by atoms with E-state index < -0.39 is 35.6 Å². The van der Waals surface area contributed by atoms with Gasteiger partial charge in [-0.1, -0.05) is 18.2 Å². The van der Waals surface area contributed by atoms with E-state index in [-0.39, 0.29) is 17.3 Å². The molecule has 0 bridgehead atoms. The van der Waals surface area contributed by atoms with E-state index in [9.17, 15) is 39.5 Å².